The van der Waals surface area contributed by atoms with Crippen molar-refractivity contribution in [2.45, 2.75) is 19.5 Å². The van der Waals surface area contributed by atoms with Crippen molar-refractivity contribution in [3.8, 4) is 0 Å². The third kappa shape index (κ3) is 1.94. The molecule has 0 bridgehead atoms. The second-order valence-corrected chi connectivity index (χ2v) is 4.22. The van der Waals surface area contributed by atoms with Crippen molar-refractivity contribution in [1.29, 1.82) is 0 Å². The number of halogens is 1. The zero-order chi connectivity index (χ0) is 11.7. The highest BCUT2D eigenvalue weighted by Crippen LogP contribution is 2.17. The van der Waals surface area contributed by atoms with Gasteiger partial charge in [-0.15, -0.1) is 0 Å². The van der Waals surface area contributed by atoms with E-state index in [2.05, 4.69) is 4.98 Å². The molecule has 2 rings (SSSR count). The zero-order valence-corrected chi connectivity index (χ0v) is 9.61. The first-order chi connectivity index (χ1) is 7.59. The number of nitrogens with two attached hydrogens (primary N) is 1. The van der Waals surface area contributed by atoms with Gasteiger partial charge >= 0.3 is 0 Å². The molecule has 2 N–H and O–H groups in total. The van der Waals surface area contributed by atoms with Gasteiger partial charge < -0.3 is 5.73 Å². The number of nitrogens with zero attached hydrogens (tertiary/aromatic N) is 2. The van der Waals surface area contributed by atoms with E-state index in [1.807, 2.05) is 6.92 Å². The average molecular weight is 238 g/mol. The van der Waals surface area contributed by atoms with Crippen LogP contribution in [0.2, 0.25) is 5.02 Å². The fourth-order valence-corrected chi connectivity index (χ4v) is 1.82. The Bertz CT molecular complexity index is 577. The first-order valence-electron chi connectivity index (χ1n) is 4.99. The Hall–Kier alpha value is -1.39. The summed E-state index contributed by atoms with van der Waals surface area (Å²) in [6.45, 7) is 2.29. The minimum atomic E-state index is -0.107. The molecule has 0 spiro atoms. The lowest BCUT2D eigenvalue weighted by Crippen LogP contribution is -2.30. The van der Waals surface area contributed by atoms with Gasteiger partial charge in [-0.3, -0.25) is 9.36 Å². The lowest BCUT2D eigenvalue weighted by atomic mass is 10.2. The van der Waals surface area contributed by atoms with Crippen LogP contribution in [0.3, 0.4) is 0 Å². The lowest BCUT2D eigenvalue weighted by molar-refractivity contribution is 0.570. The van der Waals surface area contributed by atoms with E-state index < -0.39 is 0 Å². The van der Waals surface area contributed by atoms with Gasteiger partial charge in [0, 0.05) is 12.6 Å². The molecule has 0 aliphatic carbocycles. The largest absolute Gasteiger partial charge is 0.326 e. The minimum Gasteiger partial charge on any atom is -0.326 e. The molecule has 0 radical (unpaired) electrons. The topological polar surface area (TPSA) is 60.9 Å². The van der Waals surface area contributed by atoms with E-state index >= 15 is 0 Å². The predicted octanol–water partition coefficient (Wildman–Crippen LogP) is 1.40. The molecule has 1 aromatic heterocycles. The summed E-state index contributed by atoms with van der Waals surface area (Å²) in [5.74, 6) is 0. The summed E-state index contributed by atoms with van der Waals surface area (Å²) in [7, 11) is 0. The fourth-order valence-electron chi connectivity index (χ4n) is 1.59. The Labute approximate surface area is 97.7 Å². The van der Waals surface area contributed by atoms with Gasteiger partial charge in [-0.25, -0.2) is 4.98 Å². The van der Waals surface area contributed by atoms with Gasteiger partial charge in [-0.2, -0.15) is 0 Å². The fraction of sp³-hybridized carbons (Fsp3) is 0.273. The van der Waals surface area contributed by atoms with Crippen LogP contribution in [0.5, 0.6) is 0 Å². The molecule has 16 heavy (non-hydrogen) atoms. The van der Waals surface area contributed by atoms with Gasteiger partial charge in [0.2, 0.25) is 0 Å². The number of hydrogen-bond acceptors (Lipinski definition) is 3. The average Bonchev–Trinajstić information content (AvgIpc) is 2.23. The second-order valence-electron chi connectivity index (χ2n) is 3.82. The SMILES string of the molecule is CC(N)Cn1cnc2c(Cl)cccc2c1=O. The summed E-state index contributed by atoms with van der Waals surface area (Å²) in [5.41, 5.74) is 6.08. The van der Waals surface area contributed by atoms with Gasteiger partial charge in [0.1, 0.15) is 0 Å². The van der Waals surface area contributed by atoms with Gasteiger partial charge in [0.05, 0.1) is 22.3 Å². The summed E-state index contributed by atoms with van der Waals surface area (Å²) in [4.78, 5) is 16.2. The van der Waals surface area contributed by atoms with E-state index in [0.717, 1.165) is 0 Å². The first kappa shape index (κ1) is 11.1. The van der Waals surface area contributed by atoms with Crippen molar-refractivity contribution in [3.63, 3.8) is 0 Å². The van der Waals surface area contributed by atoms with Crippen LogP contribution in [0.1, 0.15) is 6.92 Å². The van der Waals surface area contributed by atoms with Crippen molar-refractivity contribution in [2.24, 2.45) is 5.73 Å². The molecule has 4 nitrogen and oxygen atoms in total. The highest BCUT2D eigenvalue weighted by Gasteiger charge is 2.07. The highest BCUT2D eigenvalue weighted by atomic mass is 35.5. The van der Waals surface area contributed by atoms with Gasteiger partial charge in [-0.1, -0.05) is 17.7 Å². The lowest BCUT2D eigenvalue weighted by Gasteiger charge is -2.09. The van der Waals surface area contributed by atoms with Crippen molar-refractivity contribution in [2.75, 3.05) is 0 Å². The normalized spacial score (nSPS) is 12.9. The molecule has 0 saturated carbocycles. The maximum absolute atomic E-state index is 12.0. The van der Waals surface area contributed by atoms with E-state index in [1.54, 1.807) is 18.2 Å². The smallest absolute Gasteiger partial charge is 0.261 e. The van der Waals surface area contributed by atoms with E-state index in [0.29, 0.717) is 22.5 Å². The molecule has 1 unspecified atom stereocenters. The summed E-state index contributed by atoms with van der Waals surface area (Å²) in [6, 6.07) is 5.08. The molecule has 2 aromatic rings. The van der Waals surface area contributed by atoms with Crippen LogP contribution in [0, 0.1) is 0 Å². The van der Waals surface area contributed by atoms with Crippen LogP contribution in [0.4, 0.5) is 0 Å². The minimum absolute atomic E-state index is 0.0869. The standard InChI is InChI=1S/C11H12ClN3O/c1-7(13)5-15-6-14-10-8(11(15)16)3-2-4-9(10)12/h2-4,6-7H,5,13H2,1H3. The predicted molar refractivity (Wildman–Crippen MR) is 64.7 cm³/mol. The number of benzene rings is 1. The van der Waals surface area contributed by atoms with Gasteiger partial charge in [0.25, 0.3) is 5.56 Å². The molecule has 5 heteroatoms. The van der Waals surface area contributed by atoms with Crippen LogP contribution >= 0.6 is 11.6 Å². The van der Waals surface area contributed by atoms with E-state index in [-0.39, 0.29) is 11.6 Å². The second kappa shape index (κ2) is 4.23. The molecule has 0 saturated heterocycles. The van der Waals surface area contributed by atoms with E-state index in [9.17, 15) is 4.79 Å². The van der Waals surface area contributed by atoms with Crippen LogP contribution in [-0.2, 0) is 6.54 Å². The number of hydrogen-bond donors (Lipinski definition) is 1. The molecular weight excluding hydrogens is 226 g/mol. The third-order valence-corrected chi connectivity index (χ3v) is 2.59. The molecule has 0 aliphatic heterocycles. The zero-order valence-electron chi connectivity index (χ0n) is 8.85. The first-order valence-corrected chi connectivity index (χ1v) is 5.36. The summed E-state index contributed by atoms with van der Waals surface area (Å²) < 4.78 is 1.50. The maximum Gasteiger partial charge on any atom is 0.261 e. The molecular formula is C11H12ClN3O. The highest BCUT2D eigenvalue weighted by molar-refractivity contribution is 6.34. The third-order valence-electron chi connectivity index (χ3n) is 2.29. The molecule has 84 valence electrons. The van der Waals surface area contributed by atoms with Gasteiger partial charge in [0.15, 0.2) is 0 Å². The van der Waals surface area contributed by atoms with Crippen LogP contribution in [-0.4, -0.2) is 15.6 Å². The summed E-state index contributed by atoms with van der Waals surface area (Å²) >= 11 is 5.95. The van der Waals surface area contributed by atoms with Crippen molar-refractivity contribution < 1.29 is 0 Å². The Morgan fingerprint density at radius 3 is 3.00 bits per heavy atom. The molecule has 1 heterocycles. The van der Waals surface area contributed by atoms with E-state index in [4.69, 9.17) is 17.3 Å². The van der Waals surface area contributed by atoms with Crippen LogP contribution in [0.15, 0.2) is 29.3 Å². The molecule has 1 atom stereocenters. The van der Waals surface area contributed by atoms with Crippen molar-refractivity contribution in [1.82, 2.24) is 9.55 Å². The Morgan fingerprint density at radius 1 is 1.56 bits per heavy atom. The maximum atomic E-state index is 12.0. The Balaban J connectivity index is 2.66. The number of para-hydroxylation sites is 1. The summed E-state index contributed by atoms with van der Waals surface area (Å²) in [5, 5.41) is 1.01. The van der Waals surface area contributed by atoms with Gasteiger partial charge in [-0.05, 0) is 19.1 Å². The monoisotopic (exact) mass is 237 g/mol. The van der Waals surface area contributed by atoms with E-state index in [1.165, 1.54) is 10.9 Å². The molecule has 0 aliphatic rings. The van der Waals surface area contributed by atoms with Crippen molar-refractivity contribution >= 4 is 22.5 Å². The molecule has 0 amide bonds. The van der Waals surface area contributed by atoms with Crippen LogP contribution in [0.25, 0.3) is 10.9 Å². The number of aromatic nitrogens is 2. The van der Waals surface area contributed by atoms with Crippen LogP contribution < -0.4 is 11.3 Å². The molecule has 0 fully saturated rings. The number of rotatable bonds is 2. The van der Waals surface area contributed by atoms with Crippen molar-refractivity contribution in [3.05, 3.63) is 39.9 Å². The quantitative estimate of drug-likeness (QED) is 0.859. The Morgan fingerprint density at radius 2 is 2.31 bits per heavy atom. The Kier molecular flexibility index (Phi) is 2.94. The summed E-state index contributed by atoms with van der Waals surface area (Å²) in [6.07, 6.45) is 1.49. The number of fused-ring (bicyclic) bond motifs is 1. The molecule has 1 aromatic carbocycles.